The standard InChI is InChI=1S/C30H33F3N6O3/c1-18-25(27(40)42-2)26(24-7-6-20(16-34)14-21(24)17-39-11-8-19(9-12-39)10-13-39)38-28(35-36-29(38)41)37(18)23-5-3-4-22(15-23)30(31,32)33/h3-7,14-15,18-19,25-26,28,35H,8-13,17H2,1-2H3/p+1/t18?,19?,25?,26-,28?,39?/m0/s1. The molecule has 0 saturated carbocycles. The average Bonchev–Trinajstić information content (AvgIpc) is 3.37. The summed E-state index contributed by atoms with van der Waals surface area (Å²) in [5.41, 5.74) is 7.05. The number of methoxy groups -OCH3 is 1. The molecule has 12 heteroatoms. The highest BCUT2D eigenvalue weighted by Gasteiger charge is 2.55. The number of amides is 2. The number of hydrazine groups is 1. The number of anilines is 1. The van der Waals surface area contributed by atoms with E-state index in [0.717, 1.165) is 72.6 Å². The first-order chi connectivity index (χ1) is 20.0. The lowest BCUT2D eigenvalue weighted by Gasteiger charge is -2.52. The van der Waals surface area contributed by atoms with Gasteiger partial charge in [0.05, 0.1) is 50.0 Å². The number of piperidine rings is 3. The van der Waals surface area contributed by atoms with Crippen LogP contribution in [-0.4, -0.2) is 60.5 Å². The van der Waals surface area contributed by atoms with Gasteiger partial charge in [0.2, 0.25) is 0 Å². The van der Waals surface area contributed by atoms with Crippen molar-refractivity contribution in [2.45, 2.75) is 57.3 Å². The first kappa shape index (κ1) is 28.3. The number of nitrogens with zero attached hydrogens (tertiary/aromatic N) is 4. The predicted molar refractivity (Wildman–Crippen MR) is 146 cm³/mol. The van der Waals surface area contributed by atoms with Crippen LogP contribution in [0.4, 0.5) is 23.7 Å². The van der Waals surface area contributed by atoms with E-state index in [2.05, 4.69) is 16.9 Å². The zero-order valence-corrected chi connectivity index (χ0v) is 23.5. The fourth-order valence-electron chi connectivity index (χ4n) is 7.55. The van der Waals surface area contributed by atoms with Crippen molar-refractivity contribution >= 4 is 17.7 Å². The number of hydrogen-bond acceptors (Lipinski definition) is 6. The van der Waals surface area contributed by atoms with Crippen molar-refractivity contribution in [2.75, 3.05) is 31.6 Å². The molecule has 5 fully saturated rings. The number of esters is 1. The Hall–Kier alpha value is -3.82. The fourth-order valence-corrected chi connectivity index (χ4v) is 7.55. The fraction of sp³-hybridized carbons (Fsp3) is 0.500. The molecule has 222 valence electrons. The van der Waals surface area contributed by atoms with Gasteiger partial charge in [-0.15, -0.1) is 0 Å². The lowest BCUT2D eigenvalue weighted by molar-refractivity contribution is -0.955. The van der Waals surface area contributed by atoms with Crippen LogP contribution in [0.3, 0.4) is 0 Å². The highest BCUT2D eigenvalue weighted by atomic mass is 19.4. The van der Waals surface area contributed by atoms with E-state index >= 15 is 0 Å². The molecule has 2 aromatic carbocycles. The predicted octanol–water partition coefficient (Wildman–Crippen LogP) is 4.26. The summed E-state index contributed by atoms with van der Waals surface area (Å²) in [6, 6.07) is 10.5. The number of ether oxygens (including phenoxy) is 1. The van der Waals surface area contributed by atoms with Crippen LogP contribution in [0.25, 0.3) is 0 Å². The van der Waals surface area contributed by atoms with Crippen molar-refractivity contribution in [3.63, 3.8) is 0 Å². The Balaban J connectivity index is 1.47. The van der Waals surface area contributed by atoms with Crippen LogP contribution < -0.4 is 15.8 Å². The number of rotatable bonds is 5. The van der Waals surface area contributed by atoms with E-state index in [9.17, 15) is 28.0 Å². The molecule has 0 radical (unpaired) electrons. The molecule has 0 aliphatic carbocycles. The first-order valence-corrected chi connectivity index (χ1v) is 14.3. The third-order valence-electron chi connectivity index (χ3n) is 9.74. The SMILES string of the molecule is COC(=O)C1C(C)N(c2cccc(C(F)(F)F)c2)C2NNC(=O)N2[C@H]1c1ccc(C#N)cc1C[N+]12CCC(CC1)CC2. The van der Waals surface area contributed by atoms with Crippen molar-refractivity contribution < 1.29 is 32.0 Å². The van der Waals surface area contributed by atoms with Gasteiger partial charge in [0.1, 0.15) is 12.5 Å². The molecule has 5 aliphatic rings. The minimum atomic E-state index is -4.57. The number of hydrogen-bond donors (Lipinski definition) is 2. The number of urea groups is 1. The molecule has 0 spiro atoms. The number of nitrogens with one attached hydrogen (secondary N) is 2. The number of alkyl halides is 3. The van der Waals surface area contributed by atoms with E-state index in [1.54, 1.807) is 17.9 Å². The molecule has 2 aromatic rings. The molecule has 2 bridgehead atoms. The molecular weight excluding hydrogens is 549 g/mol. The van der Waals surface area contributed by atoms with E-state index < -0.39 is 48.0 Å². The van der Waals surface area contributed by atoms with Crippen LogP contribution in [0.1, 0.15) is 54.5 Å². The number of quaternary nitrogens is 1. The minimum absolute atomic E-state index is 0.207. The molecule has 0 aromatic heterocycles. The number of fused-ring (bicyclic) bond motifs is 4. The molecular formula is C30H34F3N6O3+. The molecule has 2 amide bonds. The Morgan fingerprint density at radius 3 is 2.48 bits per heavy atom. The maximum Gasteiger partial charge on any atom is 0.416 e. The van der Waals surface area contributed by atoms with Crippen LogP contribution in [0.5, 0.6) is 0 Å². The summed E-state index contributed by atoms with van der Waals surface area (Å²) in [6.45, 7) is 5.55. The summed E-state index contributed by atoms with van der Waals surface area (Å²) in [4.78, 5) is 30.1. The minimum Gasteiger partial charge on any atom is -0.469 e. The van der Waals surface area contributed by atoms with E-state index in [1.807, 2.05) is 12.1 Å². The lowest BCUT2D eigenvalue weighted by Crippen LogP contribution is -2.65. The summed E-state index contributed by atoms with van der Waals surface area (Å²) in [5, 5.41) is 9.75. The van der Waals surface area contributed by atoms with E-state index in [-0.39, 0.29) is 5.69 Å². The third kappa shape index (κ3) is 4.74. The normalized spacial score (nSPS) is 30.5. The number of halogens is 3. The molecule has 7 rings (SSSR count). The second-order valence-corrected chi connectivity index (χ2v) is 12.0. The molecule has 42 heavy (non-hydrogen) atoms. The number of benzene rings is 2. The van der Waals surface area contributed by atoms with Gasteiger partial charge in [0.25, 0.3) is 0 Å². The van der Waals surface area contributed by atoms with Gasteiger partial charge in [0.15, 0.2) is 6.29 Å². The van der Waals surface area contributed by atoms with Crippen molar-refractivity contribution in [2.24, 2.45) is 11.8 Å². The molecule has 3 unspecified atom stereocenters. The van der Waals surface area contributed by atoms with Gasteiger partial charge in [-0.05, 0) is 68.0 Å². The van der Waals surface area contributed by atoms with Crippen LogP contribution in [0, 0.1) is 23.2 Å². The van der Waals surface area contributed by atoms with Gasteiger partial charge < -0.3 is 14.1 Å². The summed E-state index contributed by atoms with van der Waals surface area (Å²) in [6.07, 6.45) is -1.98. The maximum absolute atomic E-state index is 13.7. The highest BCUT2D eigenvalue weighted by Crippen LogP contribution is 2.46. The second kappa shape index (κ2) is 10.5. The van der Waals surface area contributed by atoms with Gasteiger partial charge >= 0.3 is 18.2 Å². The number of carbonyl (C=O) groups excluding carboxylic acids is 2. The average molecular weight is 584 g/mol. The first-order valence-electron chi connectivity index (χ1n) is 14.3. The Morgan fingerprint density at radius 1 is 1.12 bits per heavy atom. The molecule has 2 N–H and O–H groups in total. The van der Waals surface area contributed by atoms with Crippen molar-refractivity contribution in [1.82, 2.24) is 15.8 Å². The van der Waals surface area contributed by atoms with Crippen LogP contribution in [0.2, 0.25) is 0 Å². The zero-order chi connectivity index (χ0) is 29.8. The Kier molecular flexibility index (Phi) is 7.06. The van der Waals surface area contributed by atoms with E-state index in [1.165, 1.54) is 24.1 Å². The van der Waals surface area contributed by atoms with Gasteiger partial charge in [-0.3, -0.25) is 15.1 Å². The van der Waals surface area contributed by atoms with Gasteiger partial charge in [-0.2, -0.15) is 23.9 Å². The van der Waals surface area contributed by atoms with E-state index in [0.29, 0.717) is 12.1 Å². The monoisotopic (exact) mass is 583 g/mol. The van der Waals surface area contributed by atoms with E-state index in [4.69, 9.17) is 4.74 Å². The van der Waals surface area contributed by atoms with Crippen LogP contribution in [-0.2, 0) is 22.3 Å². The number of nitriles is 1. The summed E-state index contributed by atoms with van der Waals surface area (Å²) in [5.74, 6) is -0.756. The highest BCUT2D eigenvalue weighted by molar-refractivity contribution is 5.82. The molecule has 4 atom stereocenters. The smallest absolute Gasteiger partial charge is 0.416 e. The van der Waals surface area contributed by atoms with Crippen LogP contribution in [0.15, 0.2) is 42.5 Å². The molecule has 5 aliphatic heterocycles. The van der Waals surface area contributed by atoms with Gasteiger partial charge in [-0.1, -0.05) is 12.1 Å². The molecule has 9 nitrogen and oxygen atoms in total. The third-order valence-corrected chi connectivity index (χ3v) is 9.74. The number of carbonyl (C=O) groups is 2. The quantitative estimate of drug-likeness (QED) is 0.404. The van der Waals surface area contributed by atoms with Crippen LogP contribution >= 0.6 is 0 Å². The molecule has 5 heterocycles. The second-order valence-electron chi connectivity index (χ2n) is 12.0. The summed E-state index contributed by atoms with van der Waals surface area (Å²) in [7, 11) is 1.27. The summed E-state index contributed by atoms with van der Waals surface area (Å²) < 4.78 is 47.1. The lowest BCUT2D eigenvalue weighted by atomic mass is 9.80. The summed E-state index contributed by atoms with van der Waals surface area (Å²) >= 11 is 0. The molecule has 5 saturated heterocycles. The Morgan fingerprint density at radius 2 is 1.83 bits per heavy atom. The van der Waals surface area contributed by atoms with Gasteiger partial charge in [0, 0.05) is 17.3 Å². The topological polar surface area (TPSA) is 97.7 Å². The largest absolute Gasteiger partial charge is 0.469 e. The Bertz CT molecular complexity index is 1420. The van der Waals surface area contributed by atoms with Crippen molar-refractivity contribution in [3.8, 4) is 6.07 Å². The zero-order valence-electron chi connectivity index (χ0n) is 23.5. The van der Waals surface area contributed by atoms with Crippen molar-refractivity contribution in [3.05, 3.63) is 64.7 Å². The van der Waals surface area contributed by atoms with Gasteiger partial charge in [-0.25, -0.2) is 4.79 Å². The van der Waals surface area contributed by atoms with Crippen molar-refractivity contribution in [1.29, 1.82) is 5.26 Å². The Labute approximate surface area is 242 Å². The maximum atomic E-state index is 13.7.